The van der Waals surface area contributed by atoms with E-state index in [0.29, 0.717) is 10.7 Å². The van der Waals surface area contributed by atoms with Gasteiger partial charge in [-0.2, -0.15) is 0 Å². The van der Waals surface area contributed by atoms with E-state index >= 15 is 0 Å². The highest BCUT2D eigenvalue weighted by molar-refractivity contribution is 7.80. The summed E-state index contributed by atoms with van der Waals surface area (Å²) in [5.41, 5.74) is 4.31. The third kappa shape index (κ3) is 2.81. The average molecular weight is 349 g/mol. The monoisotopic (exact) mass is 349 g/mol. The first-order valence-corrected chi connectivity index (χ1v) is 8.82. The molecule has 0 bridgehead atoms. The lowest BCUT2D eigenvalue weighted by atomic mass is 9.99. The molecule has 0 spiro atoms. The van der Waals surface area contributed by atoms with Gasteiger partial charge >= 0.3 is 0 Å². The number of benzene rings is 2. The van der Waals surface area contributed by atoms with Crippen molar-refractivity contribution in [3.63, 3.8) is 0 Å². The fourth-order valence-electron chi connectivity index (χ4n) is 3.54. The lowest BCUT2D eigenvalue weighted by molar-refractivity contribution is 0.0971. The Hall–Kier alpha value is -2.66. The first-order valence-electron chi connectivity index (χ1n) is 8.41. The molecule has 2 heterocycles. The van der Waals surface area contributed by atoms with Crippen LogP contribution in [0.25, 0.3) is 10.9 Å². The van der Waals surface area contributed by atoms with Gasteiger partial charge in [0.15, 0.2) is 5.11 Å². The fraction of sp³-hybridized carbons (Fsp3) is 0.200. The van der Waals surface area contributed by atoms with Gasteiger partial charge in [-0.25, -0.2) is 0 Å². The summed E-state index contributed by atoms with van der Waals surface area (Å²) >= 11 is 5.52. The second kappa shape index (κ2) is 6.33. The fourth-order valence-corrected chi connectivity index (χ4v) is 3.88. The molecule has 1 atom stereocenters. The van der Waals surface area contributed by atoms with Crippen molar-refractivity contribution in [3.8, 4) is 0 Å². The number of para-hydroxylation sites is 1. The molecule has 0 radical (unpaired) electrons. The number of aromatic amines is 1. The molecule has 1 unspecified atom stereocenters. The van der Waals surface area contributed by atoms with Crippen molar-refractivity contribution in [1.82, 2.24) is 15.2 Å². The average Bonchev–Trinajstić information content (AvgIpc) is 3.02. The van der Waals surface area contributed by atoms with Gasteiger partial charge in [0.2, 0.25) is 0 Å². The van der Waals surface area contributed by atoms with E-state index in [-0.39, 0.29) is 11.9 Å². The first kappa shape index (κ1) is 15.8. The Balaban J connectivity index is 1.56. The van der Waals surface area contributed by atoms with Gasteiger partial charge in [-0.15, -0.1) is 0 Å². The number of fused-ring (bicyclic) bond motifs is 3. The number of nitrogens with zero attached hydrogens (tertiary/aromatic N) is 1. The molecule has 1 amide bonds. The standard InChI is InChI=1S/C20H19N3OS/c1-13-18-16(15-9-5-6-10-17(15)21-18)11-12-23(13)20(25)22-19(24)14-7-3-2-4-8-14/h2-10,13,21H,11-12H2,1H3,(H,22,24,25). The maximum Gasteiger partial charge on any atom is 0.257 e. The normalized spacial score (nSPS) is 16.5. The molecule has 1 aromatic heterocycles. The second-order valence-corrected chi connectivity index (χ2v) is 6.69. The van der Waals surface area contributed by atoms with Crippen molar-refractivity contribution < 1.29 is 4.79 Å². The van der Waals surface area contributed by atoms with E-state index in [1.807, 2.05) is 24.3 Å². The van der Waals surface area contributed by atoms with Gasteiger partial charge in [0.05, 0.1) is 6.04 Å². The van der Waals surface area contributed by atoms with Gasteiger partial charge < -0.3 is 9.88 Å². The van der Waals surface area contributed by atoms with Crippen molar-refractivity contribution in [2.24, 2.45) is 0 Å². The molecular formula is C20H19N3OS. The molecule has 126 valence electrons. The molecule has 1 aliphatic heterocycles. The molecule has 3 aromatic rings. The predicted octanol–water partition coefficient (Wildman–Crippen LogP) is 3.80. The van der Waals surface area contributed by atoms with Crippen LogP contribution in [0, 0.1) is 0 Å². The highest BCUT2D eigenvalue weighted by Gasteiger charge is 2.29. The van der Waals surface area contributed by atoms with Gasteiger partial charge in [-0.1, -0.05) is 36.4 Å². The Kier molecular flexibility index (Phi) is 4.01. The SMILES string of the molecule is CC1c2[nH]c3ccccc3c2CCN1C(=S)NC(=O)c1ccccc1. The number of hydrogen-bond acceptors (Lipinski definition) is 2. The van der Waals surface area contributed by atoms with Gasteiger partial charge in [0.1, 0.15) is 0 Å². The van der Waals surface area contributed by atoms with Crippen LogP contribution in [0.1, 0.15) is 34.6 Å². The number of thiocarbonyl (C=S) groups is 1. The van der Waals surface area contributed by atoms with E-state index in [4.69, 9.17) is 12.2 Å². The molecule has 2 aromatic carbocycles. The van der Waals surface area contributed by atoms with E-state index in [1.54, 1.807) is 12.1 Å². The van der Waals surface area contributed by atoms with Gasteiger partial charge in [0.25, 0.3) is 5.91 Å². The van der Waals surface area contributed by atoms with Crippen molar-refractivity contribution in [3.05, 3.63) is 71.4 Å². The molecule has 25 heavy (non-hydrogen) atoms. The van der Waals surface area contributed by atoms with Crippen LogP contribution in [-0.4, -0.2) is 27.4 Å². The summed E-state index contributed by atoms with van der Waals surface area (Å²) in [5.74, 6) is -0.166. The molecular weight excluding hydrogens is 330 g/mol. The van der Waals surface area contributed by atoms with Crippen molar-refractivity contribution >= 4 is 34.1 Å². The van der Waals surface area contributed by atoms with Crippen LogP contribution >= 0.6 is 12.2 Å². The summed E-state index contributed by atoms with van der Waals surface area (Å²) in [4.78, 5) is 18.0. The quantitative estimate of drug-likeness (QED) is 0.657. The maximum absolute atomic E-state index is 12.4. The minimum Gasteiger partial charge on any atom is -0.356 e. The molecule has 0 saturated carbocycles. The molecule has 4 rings (SSSR count). The predicted molar refractivity (Wildman–Crippen MR) is 104 cm³/mol. The largest absolute Gasteiger partial charge is 0.356 e. The Morgan fingerprint density at radius 3 is 2.68 bits per heavy atom. The molecule has 1 aliphatic rings. The second-order valence-electron chi connectivity index (χ2n) is 6.31. The number of rotatable bonds is 1. The van der Waals surface area contributed by atoms with Crippen LogP contribution in [0.2, 0.25) is 0 Å². The minimum absolute atomic E-state index is 0.0970. The van der Waals surface area contributed by atoms with E-state index in [2.05, 4.69) is 40.3 Å². The molecule has 0 saturated heterocycles. The Morgan fingerprint density at radius 1 is 1.16 bits per heavy atom. The van der Waals surface area contributed by atoms with Gasteiger partial charge in [0, 0.05) is 28.7 Å². The van der Waals surface area contributed by atoms with Crippen LogP contribution in [0.3, 0.4) is 0 Å². The molecule has 5 heteroatoms. The summed E-state index contributed by atoms with van der Waals surface area (Å²) in [7, 11) is 0. The van der Waals surface area contributed by atoms with Crippen molar-refractivity contribution in [1.29, 1.82) is 0 Å². The number of amides is 1. The Morgan fingerprint density at radius 2 is 1.88 bits per heavy atom. The zero-order valence-corrected chi connectivity index (χ0v) is 14.8. The van der Waals surface area contributed by atoms with Crippen LogP contribution < -0.4 is 5.32 Å². The van der Waals surface area contributed by atoms with Crippen LogP contribution in [0.15, 0.2) is 54.6 Å². The highest BCUT2D eigenvalue weighted by Crippen LogP contribution is 2.34. The number of nitrogens with one attached hydrogen (secondary N) is 2. The zero-order valence-electron chi connectivity index (χ0n) is 14.0. The molecule has 4 nitrogen and oxygen atoms in total. The maximum atomic E-state index is 12.4. The van der Waals surface area contributed by atoms with E-state index in [9.17, 15) is 4.79 Å². The summed E-state index contributed by atoms with van der Waals surface area (Å²) in [6.07, 6.45) is 0.908. The number of aromatic nitrogens is 1. The zero-order chi connectivity index (χ0) is 17.4. The lowest BCUT2D eigenvalue weighted by Gasteiger charge is -2.35. The van der Waals surface area contributed by atoms with E-state index in [0.717, 1.165) is 18.5 Å². The summed E-state index contributed by atoms with van der Waals surface area (Å²) in [6, 6.07) is 17.6. The van der Waals surface area contributed by atoms with Crippen LogP contribution in [0.5, 0.6) is 0 Å². The number of hydrogen-bond donors (Lipinski definition) is 2. The third-order valence-corrected chi connectivity index (χ3v) is 5.19. The lowest BCUT2D eigenvalue weighted by Crippen LogP contribution is -2.46. The van der Waals surface area contributed by atoms with Crippen LogP contribution in [-0.2, 0) is 6.42 Å². The molecule has 0 aliphatic carbocycles. The van der Waals surface area contributed by atoms with Crippen molar-refractivity contribution in [2.75, 3.05) is 6.54 Å². The number of carbonyl (C=O) groups excluding carboxylic acids is 1. The minimum atomic E-state index is -0.166. The topological polar surface area (TPSA) is 48.1 Å². The van der Waals surface area contributed by atoms with Crippen molar-refractivity contribution in [2.45, 2.75) is 19.4 Å². The third-order valence-electron chi connectivity index (χ3n) is 4.85. The van der Waals surface area contributed by atoms with Crippen LogP contribution in [0.4, 0.5) is 0 Å². The molecule has 2 N–H and O–H groups in total. The summed E-state index contributed by atoms with van der Waals surface area (Å²) < 4.78 is 0. The van der Waals surface area contributed by atoms with E-state index < -0.39 is 0 Å². The summed E-state index contributed by atoms with van der Waals surface area (Å²) in [6.45, 7) is 2.91. The van der Waals surface area contributed by atoms with Gasteiger partial charge in [-0.3, -0.25) is 10.1 Å². The number of carbonyl (C=O) groups is 1. The van der Waals surface area contributed by atoms with Gasteiger partial charge in [-0.05, 0) is 49.3 Å². The summed E-state index contributed by atoms with van der Waals surface area (Å²) in [5, 5.41) is 4.62. The molecule has 0 fully saturated rings. The first-order chi connectivity index (χ1) is 12.1. The Bertz CT molecular complexity index is 948. The highest BCUT2D eigenvalue weighted by atomic mass is 32.1. The smallest absolute Gasteiger partial charge is 0.257 e. The number of H-pyrrole nitrogens is 1. The Labute approximate surface area is 151 Å². The van der Waals surface area contributed by atoms with E-state index in [1.165, 1.54) is 16.6 Å².